The molecule has 1 saturated heterocycles. The number of hydrogen-bond donors (Lipinski definition) is 1. The Morgan fingerprint density at radius 1 is 1.46 bits per heavy atom. The van der Waals surface area contributed by atoms with Gasteiger partial charge >= 0.3 is 6.03 Å². The Kier molecular flexibility index (Phi) is 5.44. The number of hydrogen-bond acceptors (Lipinski definition) is 5. The van der Waals surface area contributed by atoms with Crippen molar-refractivity contribution in [2.75, 3.05) is 18.4 Å². The Labute approximate surface area is 146 Å². The summed E-state index contributed by atoms with van der Waals surface area (Å²) >= 11 is 1.46. The van der Waals surface area contributed by atoms with Crippen molar-refractivity contribution in [3.8, 4) is 0 Å². The number of nitrogens with zero attached hydrogens (tertiary/aromatic N) is 5. The van der Waals surface area contributed by atoms with Gasteiger partial charge in [0.1, 0.15) is 10.8 Å². The Balaban J connectivity index is 1.55. The first-order chi connectivity index (χ1) is 11.7. The molecule has 0 aliphatic carbocycles. The number of carbonyl (C=O) groups excluding carboxylic acids is 1. The maximum Gasteiger partial charge on any atom is 0.323 e. The van der Waals surface area contributed by atoms with E-state index in [4.69, 9.17) is 0 Å². The molecule has 1 atom stereocenters. The first kappa shape index (κ1) is 16.9. The smallest absolute Gasteiger partial charge is 0.323 e. The van der Waals surface area contributed by atoms with Crippen LogP contribution in [0.4, 0.5) is 9.93 Å². The molecule has 0 radical (unpaired) electrons. The predicted octanol–water partition coefficient (Wildman–Crippen LogP) is 2.71. The average Bonchev–Trinajstić information content (AvgIpc) is 3.18. The van der Waals surface area contributed by atoms with Crippen molar-refractivity contribution in [3.05, 3.63) is 23.2 Å². The summed E-state index contributed by atoms with van der Waals surface area (Å²) in [5, 5.41) is 12.6. The van der Waals surface area contributed by atoms with Gasteiger partial charge in [-0.15, -0.1) is 10.2 Å². The van der Waals surface area contributed by atoms with Crippen molar-refractivity contribution in [3.63, 3.8) is 0 Å². The van der Waals surface area contributed by atoms with E-state index in [9.17, 15) is 4.79 Å². The van der Waals surface area contributed by atoms with E-state index in [0.29, 0.717) is 11.0 Å². The molecule has 8 heteroatoms. The van der Waals surface area contributed by atoms with E-state index in [1.807, 2.05) is 24.3 Å². The fourth-order valence-corrected chi connectivity index (χ4v) is 3.89. The molecule has 2 aromatic rings. The summed E-state index contributed by atoms with van der Waals surface area (Å²) in [4.78, 5) is 18.8. The largest absolute Gasteiger partial charge is 0.338 e. The summed E-state index contributed by atoms with van der Waals surface area (Å²) < 4.78 is 2.05. The molecule has 24 heavy (non-hydrogen) atoms. The zero-order valence-corrected chi connectivity index (χ0v) is 15.1. The minimum atomic E-state index is -0.0706. The molecule has 3 heterocycles. The summed E-state index contributed by atoms with van der Waals surface area (Å²) in [6.07, 6.45) is 8.80. The van der Waals surface area contributed by atoms with Crippen molar-refractivity contribution < 1.29 is 4.79 Å². The summed E-state index contributed by atoms with van der Waals surface area (Å²) in [5.41, 5.74) is 0. The molecule has 0 aromatic carbocycles. The normalized spacial score (nSPS) is 17.9. The Morgan fingerprint density at radius 2 is 2.33 bits per heavy atom. The Morgan fingerprint density at radius 3 is 3.08 bits per heavy atom. The minimum Gasteiger partial charge on any atom is -0.338 e. The van der Waals surface area contributed by atoms with E-state index in [1.54, 1.807) is 0 Å². The number of piperidine rings is 1. The Bertz CT molecular complexity index is 682. The number of rotatable bonds is 5. The molecule has 1 aliphatic rings. The third-order valence-electron chi connectivity index (χ3n) is 4.34. The van der Waals surface area contributed by atoms with Crippen molar-refractivity contribution >= 4 is 22.5 Å². The number of likely N-dealkylation sites (tertiary alicyclic amines) is 1. The third kappa shape index (κ3) is 4.11. The summed E-state index contributed by atoms with van der Waals surface area (Å²) in [6, 6.07) is -0.0706. The second-order valence-electron chi connectivity index (χ2n) is 6.29. The van der Waals surface area contributed by atoms with Crippen LogP contribution in [-0.2, 0) is 19.9 Å². The van der Waals surface area contributed by atoms with Gasteiger partial charge in [-0.25, -0.2) is 9.78 Å². The average molecular weight is 348 g/mol. The number of imidazole rings is 1. The van der Waals surface area contributed by atoms with Gasteiger partial charge in [0, 0.05) is 45.4 Å². The highest BCUT2D eigenvalue weighted by Gasteiger charge is 2.25. The van der Waals surface area contributed by atoms with Crippen molar-refractivity contribution in [2.24, 2.45) is 13.0 Å². The van der Waals surface area contributed by atoms with Gasteiger partial charge in [-0.1, -0.05) is 18.3 Å². The quantitative estimate of drug-likeness (QED) is 0.901. The van der Waals surface area contributed by atoms with Crippen LogP contribution in [0.1, 0.15) is 37.0 Å². The Hall–Kier alpha value is -1.96. The first-order valence-electron chi connectivity index (χ1n) is 8.50. The number of nitrogens with one attached hydrogen (secondary N) is 1. The number of aromatic nitrogens is 4. The molecule has 0 saturated carbocycles. The van der Waals surface area contributed by atoms with Gasteiger partial charge in [0.15, 0.2) is 0 Å². The molecule has 1 aliphatic heterocycles. The van der Waals surface area contributed by atoms with Crippen molar-refractivity contribution in [1.29, 1.82) is 0 Å². The van der Waals surface area contributed by atoms with Crippen LogP contribution >= 0.6 is 11.3 Å². The highest BCUT2D eigenvalue weighted by molar-refractivity contribution is 7.15. The minimum absolute atomic E-state index is 0.0706. The maximum atomic E-state index is 12.5. The topological polar surface area (TPSA) is 75.9 Å². The van der Waals surface area contributed by atoms with Gasteiger partial charge in [0.25, 0.3) is 0 Å². The molecule has 1 fully saturated rings. The lowest BCUT2D eigenvalue weighted by atomic mass is 9.94. The van der Waals surface area contributed by atoms with Gasteiger partial charge < -0.3 is 9.47 Å². The lowest BCUT2D eigenvalue weighted by Crippen LogP contribution is -2.43. The van der Waals surface area contributed by atoms with E-state index in [2.05, 4.69) is 32.0 Å². The van der Waals surface area contributed by atoms with E-state index < -0.39 is 0 Å². The molecule has 0 bridgehead atoms. The van der Waals surface area contributed by atoms with Gasteiger partial charge in [-0.2, -0.15) is 0 Å². The zero-order valence-electron chi connectivity index (χ0n) is 14.2. The van der Waals surface area contributed by atoms with Crippen molar-refractivity contribution in [1.82, 2.24) is 24.6 Å². The van der Waals surface area contributed by atoms with Crippen LogP contribution in [0.15, 0.2) is 12.4 Å². The lowest BCUT2D eigenvalue weighted by Gasteiger charge is -2.32. The molecule has 0 spiro atoms. The fourth-order valence-electron chi connectivity index (χ4n) is 3.06. The van der Waals surface area contributed by atoms with E-state index in [-0.39, 0.29) is 6.03 Å². The SMILES string of the molecule is CCCc1nnc(NC(=O)N2CCC[C@H](Cc3nccn3C)C2)s1. The lowest BCUT2D eigenvalue weighted by molar-refractivity contribution is 0.176. The van der Waals surface area contributed by atoms with Gasteiger partial charge in [0.05, 0.1) is 0 Å². The molecule has 2 amide bonds. The third-order valence-corrected chi connectivity index (χ3v) is 5.24. The van der Waals surface area contributed by atoms with Crippen LogP contribution in [-0.4, -0.2) is 43.8 Å². The molecular formula is C16H24N6OS. The highest BCUT2D eigenvalue weighted by atomic mass is 32.1. The summed E-state index contributed by atoms with van der Waals surface area (Å²) in [6.45, 7) is 3.66. The summed E-state index contributed by atoms with van der Waals surface area (Å²) in [7, 11) is 2.01. The van der Waals surface area contributed by atoms with Crippen LogP contribution in [0.5, 0.6) is 0 Å². The van der Waals surface area contributed by atoms with Gasteiger partial charge in [-0.3, -0.25) is 5.32 Å². The number of urea groups is 1. The monoisotopic (exact) mass is 348 g/mol. The molecular weight excluding hydrogens is 324 g/mol. The van der Waals surface area contributed by atoms with E-state index >= 15 is 0 Å². The van der Waals surface area contributed by atoms with Gasteiger partial charge in [-0.05, 0) is 25.2 Å². The number of aryl methyl sites for hydroxylation is 2. The number of carbonyl (C=O) groups is 1. The maximum absolute atomic E-state index is 12.5. The van der Waals surface area contributed by atoms with Crippen LogP contribution in [0, 0.1) is 5.92 Å². The molecule has 3 rings (SSSR count). The molecule has 1 N–H and O–H groups in total. The second-order valence-corrected chi connectivity index (χ2v) is 7.36. The fraction of sp³-hybridized carbons (Fsp3) is 0.625. The first-order valence-corrected chi connectivity index (χ1v) is 9.32. The second kappa shape index (κ2) is 7.74. The molecule has 130 valence electrons. The van der Waals surface area contributed by atoms with E-state index in [1.165, 1.54) is 11.3 Å². The van der Waals surface area contributed by atoms with Gasteiger partial charge in [0.2, 0.25) is 5.13 Å². The highest BCUT2D eigenvalue weighted by Crippen LogP contribution is 2.22. The molecule has 2 aromatic heterocycles. The summed E-state index contributed by atoms with van der Waals surface area (Å²) in [5.74, 6) is 1.53. The predicted molar refractivity (Wildman–Crippen MR) is 94.1 cm³/mol. The molecule has 0 unspecified atom stereocenters. The van der Waals surface area contributed by atoms with Crippen LogP contribution in [0.25, 0.3) is 0 Å². The van der Waals surface area contributed by atoms with Crippen LogP contribution < -0.4 is 5.32 Å². The number of amides is 2. The van der Waals surface area contributed by atoms with Crippen LogP contribution in [0.3, 0.4) is 0 Å². The van der Waals surface area contributed by atoms with Crippen molar-refractivity contribution in [2.45, 2.75) is 39.0 Å². The zero-order chi connectivity index (χ0) is 16.9. The van der Waals surface area contributed by atoms with E-state index in [0.717, 1.165) is 56.0 Å². The number of anilines is 1. The van der Waals surface area contributed by atoms with Crippen LogP contribution in [0.2, 0.25) is 0 Å². The molecule has 7 nitrogen and oxygen atoms in total. The standard InChI is InChI=1S/C16H24N6OS/c1-3-5-14-19-20-15(24-14)18-16(23)22-8-4-6-12(11-22)10-13-17-7-9-21(13)2/h7,9,12H,3-6,8,10-11H2,1-2H3,(H,18,20,23)/t12-/m1/s1.